The summed E-state index contributed by atoms with van der Waals surface area (Å²) in [5, 5.41) is 0. The molecule has 0 N–H and O–H groups in total. The third-order valence-corrected chi connectivity index (χ3v) is 3.00. The fourth-order valence-electron chi connectivity index (χ4n) is 1.73. The predicted octanol–water partition coefficient (Wildman–Crippen LogP) is 3.07. The highest BCUT2D eigenvalue weighted by atomic mass is 79.9. The van der Waals surface area contributed by atoms with E-state index in [2.05, 4.69) is 20.9 Å². The second-order valence-corrected chi connectivity index (χ2v) is 4.31. The van der Waals surface area contributed by atoms with E-state index < -0.39 is 0 Å². The topological polar surface area (TPSA) is 46.3 Å². The lowest BCUT2D eigenvalue weighted by Gasteiger charge is -2.18. The molecular formula is C12H13BrN2O2. The lowest BCUT2D eigenvalue weighted by atomic mass is 10.2. The molecule has 4 nitrogen and oxygen atoms in total. The number of fused-ring (bicyclic) bond motifs is 1. The van der Waals surface area contributed by atoms with E-state index in [1.165, 1.54) is 0 Å². The summed E-state index contributed by atoms with van der Waals surface area (Å²) >= 11 is 3.17. The summed E-state index contributed by atoms with van der Waals surface area (Å²) < 4.78 is 5.30. The van der Waals surface area contributed by atoms with Gasteiger partial charge in [-0.05, 0) is 32.0 Å². The summed E-state index contributed by atoms with van der Waals surface area (Å²) in [5.74, 6) is 0.0241. The molecule has 2 aromatic rings. The first-order chi connectivity index (χ1) is 8.15. The Hall–Kier alpha value is -1.36. The molecule has 0 aliphatic heterocycles. The van der Waals surface area contributed by atoms with Gasteiger partial charge in [-0.2, -0.15) is 0 Å². The monoisotopic (exact) mass is 296 g/mol. The minimum Gasteiger partial charge on any atom is -0.431 e. The SMILES string of the molecule is CCN(CC)C(=O)c1ccc2oc(Br)nc2c1. The van der Waals surface area contributed by atoms with E-state index in [0.717, 1.165) is 0 Å². The third-order valence-electron chi connectivity index (χ3n) is 2.66. The van der Waals surface area contributed by atoms with Crippen LogP contribution in [-0.4, -0.2) is 28.9 Å². The maximum absolute atomic E-state index is 12.1. The number of rotatable bonds is 3. The lowest BCUT2D eigenvalue weighted by molar-refractivity contribution is 0.0773. The molecular weight excluding hydrogens is 284 g/mol. The molecule has 17 heavy (non-hydrogen) atoms. The van der Waals surface area contributed by atoms with Gasteiger partial charge in [0.1, 0.15) is 5.52 Å². The van der Waals surface area contributed by atoms with Gasteiger partial charge in [-0.25, -0.2) is 4.98 Å². The molecule has 0 bridgehead atoms. The maximum Gasteiger partial charge on any atom is 0.265 e. The van der Waals surface area contributed by atoms with Crippen LogP contribution in [0.2, 0.25) is 0 Å². The lowest BCUT2D eigenvalue weighted by Crippen LogP contribution is -2.30. The second-order valence-electron chi connectivity index (χ2n) is 3.63. The van der Waals surface area contributed by atoms with Crippen LogP contribution < -0.4 is 0 Å². The van der Waals surface area contributed by atoms with E-state index in [1.54, 1.807) is 23.1 Å². The van der Waals surface area contributed by atoms with Crippen molar-refractivity contribution in [2.75, 3.05) is 13.1 Å². The summed E-state index contributed by atoms with van der Waals surface area (Å²) in [7, 11) is 0. The largest absolute Gasteiger partial charge is 0.431 e. The minimum absolute atomic E-state index is 0.0241. The molecule has 90 valence electrons. The average molecular weight is 297 g/mol. The van der Waals surface area contributed by atoms with E-state index in [0.29, 0.717) is 34.6 Å². The Kier molecular flexibility index (Phi) is 3.47. The molecule has 5 heteroatoms. The normalized spacial score (nSPS) is 10.8. The Morgan fingerprint density at radius 3 is 2.76 bits per heavy atom. The molecule has 0 saturated carbocycles. The molecule has 1 aromatic heterocycles. The smallest absolute Gasteiger partial charge is 0.265 e. The Balaban J connectivity index is 2.38. The van der Waals surface area contributed by atoms with E-state index in [-0.39, 0.29) is 5.91 Å². The Labute approximate surface area is 108 Å². The van der Waals surface area contributed by atoms with Gasteiger partial charge in [0.2, 0.25) is 0 Å². The number of carbonyl (C=O) groups excluding carboxylic acids is 1. The van der Waals surface area contributed by atoms with E-state index >= 15 is 0 Å². The van der Waals surface area contributed by atoms with Crippen LogP contribution in [0.25, 0.3) is 11.1 Å². The molecule has 0 spiro atoms. The van der Waals surface area contributed by atoms with Gasteiger partial charge in [0.25, 0.3) is 10.7 Å². The van der Waals surface area contributed by atoms with E-state index in [4.69, 9.17) is 4.42 Å². The quantitative estimate of drug-likeness (QED) is 0.874. The van der Waals surface area contributed by atoms with Gasteiger partial charge in [0.05, 0.1) is 0 Å². The van der Waals surface area contributed by atoms with Gasteiger partial charge in [0.15, 0.2) is 5.58 Å². The zero-order valence-electron chi connectivity index (χ0n) is 9.74. The first-order valence-electron chi connectivity index (χ1n) is 5.51. The molecule has 0 fully saturated rings. The fourth-order valence-corrected chi connectivity index (χ4v) is 2.09. The summed E-state index contributed by atoms with van der Waals surface area (Å²) in [6.07, 6.45) is 0. The zero-order valence-corrected chi connectivity index (χ0v) is 11.3. The molecule has 2 rings (SSSR count). The number of hydrogen-bond donors (Lipinski definition) is 0. The average Bonchev–Trinajstić information content (AvgIpc) is 2.69. The molecule has 1 aromatic carbocycles. The van der Waals surface area contributed by atoms with Gasteiger partial charge in [-0.15, -0.1) is 0 Å². The predicted molar refractivity (Wildman–Crippen MR) is 69.0 cm³/mol. The van der Waals surface area contributed by atoms with Crippen LogP contribution in [-0.2, 0) is 0 Å². The standard InChI is InChI=1S/C12H13BrN2O2/c1-3-15(4-2)11(16)8-5-6-10-9(7-8)14-12(13)17-10/h5-7H,3-4H2,1-2H3. The molecule has 0 atom stereocenters. The number of amides is 1. The minimum atomic E-state index is 0.0241. The van der Waals surface area contributed by atoms with Crippen molar-refractivity contribution < 1.29 is 9.21 Å². The third kappa shape index (κ3) is 2.34. The van der Waals surface area contributed by atoms with Crippen molar-refractivity contribution in [3.63, 3.8) is 0 Å². The molecule has 0 aliphatic rings. The van der Waals surface area contributed by atoms with E-state index in [1.807, 2.05) is 13.8 Å². The van der Waals surface area contributed by atoms with Gasteiger partial charge < -0.3 is 9.32 Å². The number of nitrogens with zero attached hydrogens (tertiary/aromatic N) is 2. The summed E-state index contributed by atoms with van der Waals surface area (Å²) in [6, 6.07) is 5.29. The first kappa shape index (κ1) is 12.1. The maximum atomic E-state index is 12.1. The van der Waals surface area contributed by atoms with E-state index in [9.17, 15) is 4.79 Å². The van der Waals surface area contributed by atoms with Crippen molar-refractivity contribution in [1.82, 2.24) is 9.88 Å². The fraction of sp³-hybridized carbons (Fsp3) is 0.333. The van der Waals surface area contributed by atoms with Crippen molar-refractivity contribution in [2.24, 2.45) is 0 Å². The van der Waals surface area contributed by atoms with Crippen molar-refractivity contribution in [2.45, 2.75) is 13.8 Å². The molecule has 0 unspecified atom stereocenters. The molecule has 0 radical (unpaired) electrons. The second kappa shape index (κ2) is 4.87. The van der Waals surface area contributed by atoms with Gasteiger partial charge in [-0.3, -0.25) is 4.79 Å². The van der Waals surface area contributed by atoms with Crippen LogP contribution >= 0.6 is 15.9 Å². The highest BCUT2D eigenvalue weighted by Gasteiger charge is 2.14. The Morgan fingerprint density at radius 2 is 2.12 bits per heavy atom. The number of aromatic nitrogens is 1. The van der Waals surface area contributed by atoms with Crippen molar-refractivity contribution >= 4 is 32.9 Å². The molecule has 0 saturated heterocycles. The first-order valence-corrected chi connectivity index (χ1v) is 6.30. The summed E-state index contributed by atoms with van der Waals surface area (Å²) in [5.41, 5.74) is 2.00. The number of hydrogen-bond acceptors (Lipinski definition) is 3. The number of halogens is 1. The van der Waals surface area contributed by atoms with Gasteiger partial charge >= 0.3 is 0 Å². The Bertz CT molecular complexity index is 546. The number of oxazole rings is 1. The van der Waals surface area contributed by atoms with Crippen LogP contribution in [0.5, 0.6) is 0 Å². The summed E-state index contributed by atoms with van der Waals surface area (Å²) in [6.45, 7) is 5.34. The van der Waals surface area contributed by atoms with Gasteiger partial charge in [0, 0.05) is 34.6 Å². The van der Waals surface area contributed by atoms with Crippen molar-refractivity contribution in [3.05, 3.63) is 28.6 Å². The van der Waals surface area contributed by atoms with Crippen molar-refractivity contribution in [1.29, 1.82) is 0 Å². The van der Waals surface area contributed by atoms with Gasteiger partial charge in [-0.1, -0.05) is 0 Å². The highest BCUT2D eigenvalue weighted by Crippen LogP contribution is 2.21. The van der Waals surface area contributed by atoms with Crippen LogP contribution in [0, 0.1) is 0 Å². The Morgan fingerprint density at radius 1 is 1.41 bits per heavy atom. The van der Waals surface area contributed by atoms with Crippen molar-refractivity contribution in [3.8, 4) is 0 Å². The van der Waals surface area contributed by atoms with Crippen LogP contribution in [0.4, 0.5) is 0 Å². The number of benzene rings is 1. The number of carbonyl (C=O) groups is 1. The summed E-state index contributed by atoms with van der Waals surface area (Å²) in [4.78, 5) is 18.5. The van der Waals surface area contributed by atoms with Crippen LogP contribution in [0.3, 0.4) is 0 Å². The molecule has 1 heterocycles. The zero-order chi connectivity index (χ0) is 12.4. The highest BCUT2D eigenvalue weighted by molar-refractivity contribution is 9.10. The van der Waals surface area contributed by atoms with Crippen LogP contribution in [0.1, 0.15) is 24.2 Å². The van der Waals surface area contributed by atoms with Crippen LogP contribution in [0.15, 0.2) is 27.4 Å². The molecule has 0 aliphatic carbocycles. The molecule has 1 amide bonds.